The van der Waals surface area contributed by atoms with E-state index in [9.17, 15) is 18.4 Å². The average molecular weight is 441 g/mol. The van der Waals surface area contributed by atoms with E-state index in [-0.39, 0.29) is 36.4 Å². The second-order valence-corrected chi connectivity index (χ2v) is 8.51. The third-order valence-corrected chi connectivity index (χ3v) is 5.57. The average Bonchev–Trinajstić information content (AvgIpc) is 2.74. The number of halogens is 2. The summed E-state index contributed by atoms with van der Waals surface area (Å²) in [6.45, 7) is 6.46. The van der Waals surface area contributed by atoms with Crippen LogP contribution in [-0.4, -0.2) is 29.1 Å². The van der Waals surface area contributed by atoms with Gasteiger partial charge in [0.05, 0.1) is 24.6 Å². The van der Waals surface area contributed by atoms with Gasteiger partial charge in [-0.1, -0.05) is 19.9 Å². The number of ether oxygens (including phenoxy) is 1. The molecule has 4 rings (SSSR count). The standard InChI is InChI=1S/C24H25F2N3O3/c1-13(2)10-29(24(31)27-16-5-7-19(26)14(3)8-16)21-12-32-11-20-22(21)17-6-4-15(25)9-18(17)23(30)28-20/h4-9,13,21H,10-12H2,1-3H3,(H,27,31)(H,28,30). The quantitative estimate of drug-likeness (QED) is 0.606. The van der Waals surface area contributed by atoms with Gasteiger partial charge in [-0.15, -0.1) is 0 Å². The smallest absolute Gasteiger partial charge is 0.322 e. The molecule has 8 heteroatoms. The van der Waals surface area contributed by atoms with Crippen molar-refractivity contribution in [1.82, 2.24) is 9.88 Å². The minimum absolute atomic E-state index is 0.146. The van der Waals surface area contributed by atoms with E-state index < -0.39 is 17.4 Å². The van der Waals surface area contributed by atoms with Crippen LogP contribution in [0.5, 0.6) is 0 Å². The molecule has 6 nitrogen and oxygen atoms in total. The molecule has 2 heterocycles. The molecular weight excluding hydrogens is 416 g/mol. The van der Waals surface area contributed by atoms with Gasteiger partial charge < -0.3 is 19.9 Å². The first-order chi connectivity index (χ1) is 15.2. The van der Waals surface area contributed by atoms with Crippen LogP contribution in [0.1, 0.15) is 36.7 Å². The molecule has 0 bridgehead atoms. The predicted octanol–water partition coefficient (Wildman–Crippen LogP) is 4.88. The number of aromatic amines is 1. The van der Waals surface area contributed by atoms with E-state index in [1.165, 1.54) is 24.3 Å². The lowest BCUT2D eigenvalue weighted by atomic mass is 9.95. The Morgan fingerprint density at radius 3 is 2.72 bits per heavy atom. The van der Waals surface area contributed by atoms with Gasteiger partial charge in [0, 0.05) is 23.5 Å². The maximum Gasteiger partial charge on any atom is 0.322 e. The van der Waals surface area contributed by atoms with Gasteiger partial charge in [-0.05, 0) is 54.1 Å². The molecule has 0 saturated carbocycles. The van der Waals surface area contributed by atoms with E-state index in [2.05, 4.69) is 10.3 Å². The number of anilines is 1. The Morgan fingerprint density at radius 1 is 1.22 bits per heavy atom. The van der Waals surface area contributed by atoms with E-state index >= 15 is 0 Å². The number of pyridine rings is 1. The molecule has 2 amide bonds. The number of aryl methyl sites for hydroxylation is 1. The van der Waals surface area contributed by atoms with Gasteiger partial charge in [-0.3, -0.25) is 4.79 Å². The molecule has 0 fully saturated rings. The van der Waals surface area contributed by atoms with E-state index in [1.807, 2.05) is 13.8 Å². The molecule has 1 aliphatic heterocycles. The lowest BCUT2D eigenvalue weighted by molar-refractivity contribution is 0.0425. The fourth-order valence-corrected chi connectivity index (χ4v) is 4.13. The summed E-state index contributed by atoms with van der Waals surface area (Å²) in [6, 6.07) is 7.61. The first-order valence-corrected chi connectivity index (χ1v) is 10.5. The summed E-state index contributed by atoms with van der Waals surface area (Å²) in [5.41, 5.74) is 1.83. The van der Waals surface area contributed by atoms with Gasteiger partial charge in [0.15, 0.2) is 0 Å². The number of fused-ring (bicyclic) bond motifs is 3. The van der Waals surface area contributed by atoms with Crippen LogP contribution in [0.15, 0.2) is 41.2 Å². The number of urea groups is 1. The molecule has 1 aromatic heterocycles. The summed E-state index contributed by atoms with van der Waals surface area (Å²) < 4.78 is 33.2. The minimum atomic E-state index is -0.505. The molecule has 3 aromatic rings. The van der Waals surface area contributed by atoms with Crippen LogP contribution in [0.4, 0.5) is 19.3 Å². The first-order valence-electron chi connectivity index (χ1n) is 10.5. The van der Waals surface area contributed by atoms with Crippen LogP contribution >= 0.6 is 0 Å². The van der Waals surface area contributed by atoms with Crippen molar-refractivity contribution >= 4 is 22.5 Å². The number of nitrogens with zero attached hydrogens (tertiary/aromatic N) is 1. The third kappa shape index (κ3) is 4.23. The minimum Gasteiger partial charge on any atom is -0.373 e. The number of H-pyrrole nitrogens is 1. The lowest BCUT2D eigenvalue weighted by Crippen LogP contribution is -2.44. The van der Waals surface area contributed by atoms with Crippen LogP contribution in [0.25, 0.3) is 10.8 Å². The summed E-state index contributed by atoms with van der Waals surface area (Å²) in [4.78, 5) is 30.3. The molecule has 0 radical (unpaired) electrons. The highest BCUT2D eigenvalue weighted by Crippen LogP contribution is 2.34. The zero-order valence-electron chi connectivity index (χ0n) is 18.2. The normalized spacial score (nSPS) is 15.6. The van der Waals surface area contributed by atoms with Crippen molar-refractivity contribution < 1.29 is 18.3 Å². The topological polar surface area (TPSA) is 74.4 Å². The third-order valence-electron chi connectivity index (χ3n) is 5.57. The summed E-state index contributed by atoms with van der Waals surface area (Å²) in [5, 5.41) is 3.67. The molecular formula is C24H25F2N3O3. The van der Waals surface area contributed by atoms with E-state index in [1.54, 1.807) is 24.0 Å². The number of carbonyl (C=O) groups is 1. The van der Waals surface area contributed by atoms with Crippen molar-refractivity contribution in [3.8, 4) is 0 Å². The molecule has 2 N–H and O–H groups in total. The molecule has 1 atom stereocenters. The van der Waals surface area contributed by atoms with Crippen LogP contribution < -0.4 is 10.9 Å². The fraction of sp³-hybridized carbons (Fsp3) is 0.333. The molecule has 168 valence electrons. The highest BCUT2D eigenvalue weighted by atomic mass is 19.1. The number of hydrogen-bond acceptors (Lipinski definition) is 3. The maximum absolute atomic E-state index is 13.8. The summed E-state index contributed by atoms with van der Waals surface area (Å²) in [5.74, 6) is -0.707. The molecule has 0 saturated heterocycles. The Hall–Kier alpha value is -3.26. The zero-order chi connectivity index (χ0) is 23.0. The van der Waals surface area contributed by atoms with Gasteiger partial charge in [0.25, 0.3) is 5.56 Å². The van der Waals surface area contributed by atoms with Crippen molar-refractivity contribution in [3.05, 3.63) is 75.2 Å². The van der Waals surface area contributed by atoms with Crippen LogP contribution in [0.2, 0.25) is 0 Å². The Bertz CT molecular complexity index is 1240. The highest BCUT2D eigenvalue weighted by molar-refractivity contribution is 5.91. The van der Waals surface area contributed by atoms with Gasteiger partial charge in [-0.25, -0.2) is 13.6 Å². The van der Waals surface area contributed by atoms with Gasteiger partial charge in [0.2, 0.25) is 0 Å². The van der Waals surface area contributed by atoms with Gasteiger partial charge >= 0.3 is 6.03 Å². The molecule has 2 aromatic carbocycles. The lowest BCUT2D eigenvalue weighted by Gasteiger charge is -2.37. The number of benzene rings is 2. The second-order valence-electron chi connectivity index (χ2n) is 8.51. The predicted molar refractivity (Wildman–Crippen MR) is 119 cm³/mol. The summed E-state index contributed by atoms with van der Waals surface area (Å²) in [7, 11) is 0. The number of hydrogen-bond donors (Lipinski definition) is 2. The fourth-order valence-electron chi connectivity index (χ4n) is 4.13. The molecule has 0 spiro atoms. The van der Waals surface area contributed by atoms with Crippen LogP contribution in [0, 0.1) is 24.5 Å². The number of nitrogens with one attached hydrogen (secondary N) is 2. The molecule has 0 aliphatic carbocycles. The maximum atomic E-state index is 13.8. The summed E-state index contributed by atoms with van der Waals surface area (Å²) >= 11 is 0. The second kappa shape index (κ2) is 8.70. The van der Waals surface area contributed by atoms with Crippen LogP contribution in [-0.2, 0) is 11.3 Å². The SMILES string of the molecule is Cc1cc(NC(=O)N(CC(C)C)C2COCc3[nH]c(=O)c4cc(F)ccc4c32)ccc1F. The number of carbonyl (C=O) groups excluding carboxylic acids is 1. The highest BCUT2D eigenvalue weighted by Gasteiger charge is 2.33. The number of amides is 2. The number of rotatable bonds is 4. The Balaban J connectivity index is 1.77. The van der Waals surface area contributed by atoms with Crippen molar-refractivity contribution in [1.29, 1.82) is 0 Å². The van der Waals surface area contributed by atoms with Crippen molar-refractivity contribution in [2.45, 2.75) is 33.4 Å². The number of aromatic nitrogens is 1. The molecule has 32 heavy (non-hydrogen) atoms. The first kappa shape index (κ1) is 22.0. The van der Waals surface area contributed by atoms with E-state index in [0.717, 1.165) is 5.56 Å². The van der Waals surface area contributed by atoms with E-state index in [0.29, 0.717) is 28.9 Å². The van der Waals surface area contributed by atoms with Crippen molar-refractivity contribution in [2.24, 2.45) is 5.92 Å². The van der Waals surface area contributed by atoms with Crippen molar-refractivity contribution in [3.63, 3.8) is 0 Å². The molecule has 1 unspecified atom stereocenters. The van der Waals surface area contributed by atoms with E-state index in [4.69, 9.17) is 4.74 Å². The molecule has 1 aliphatic rings. The summed E-state index contributed by atoms with van der Waals surface area (Å²) in [6.07, 6.45) is 0. The van der Waals surface area contributed by atoms with Crippen LogP contribution in [0.3, 0.4) is 0 Å². The Kier molecular flexibility index (Phi) is 5.97. The monoisotopic (exact) mass is 441 g/mol. The van der Waals surface area contributed by atoms with Gasteiger partial charge in [-0.2, -0.15) is 0 Å². The Morgan fingerprint density at radius 2 is 2.00 bits per heavy atom. The van der Waals surface area contributed by atoms with Gasteiger partial charge in [0.1, 0.15) is 11.6 Å². The largest absolute Gasteiger partial charge is 0.373 e. The Labute approximate surface area is 184 Å². The zero-order valence-corrected chi connectivity index (χ0v) is 18.2. The van der Waals surface area contributed by atoms with Crippen molar-refractivity contribution in [2.75, 3.05) is 18.5 Å².